The Kier molecular flexibility index (Phi) is 4.84. The summed E-state index contributed by atoms with van der Waals surface area (Å²) in [5.74, 6) is 0. The first-order valence-corrected chi connectivity index (χ1v) is 7.81. The molecule has 0 bridgehead atoms. The van der Waals surface area contributed by atoms with Crippen LogP contribution < -0.4 is 5.73 Å². The Bertz CT molecular complexity index is 541. The molecule has 0 unspecified atom stereocenters. The van der Waals surface area contributed by atoms with E-state index in [-0.39, 0.29) is 6.04 Å². The minimum atomic E-state index is 0.0317. The van der Waals surface area contributed by atoms with E-state index < -0.39 is 0 Å². The Morgan fingerprint density at radius 1 is 1.22 bits per heavy atom. The van der Waals surface area contributed by atoms with E-state index in [1.54, 1.807) is 18.0 Å². The van der Waals surface area contributed by atoms with Gasteiger partial charge in [-0.25, -0.2) is 4.98 Å². The largest absolute Gasteiger partial charge is 0.324 e. The quantitative estimate of drug-likeness (QED) is 0.823. The van der Waals surface area contributed by atoms with Crippen LogP contribution >= 0.6 is 43.6 Å². The van der Waals surface area contributed by atoms with Crippen LogP contribution in [0.15, 0.2) is 55.4 Å². The zero-order chi connectivity index (χ0) is 13.1. The number of hydrogen-bond acceptors (Lipinski definition) is 3. The third kappa shape index (κ3) is 3.57. The van der Waals surface area contributed by atoms with Gasteiger partial charge in [-0.3, -0.25) is 0 Å². The SMILES string of the molecule is C[C@H](N)c1ccc(Sc2ccc(Br)cn2)cc1Br. The van der Waals surface area contributed by atoms with Crippen molar-refractivity contribution in [3.05, 3.63) is 51.0 Å². The van der Waals surface area contributed by atoms with E-state index in [2.05, 4.69) is 55.0 Å². The van der Waals surface area contributed by atoms with Crippen molar-refractivity contribution in [2.24, 2.45) is 5.73 Å². The van der Waals surface area contributed by atoms with Gasteiger partial charge in [-0.05, 0) is 52.7 Å². The average Bonchev–Trinajstić information content (AvgIpc) is 2.32. The van der Waals surface area contributed by atoms with Crippen LogP contribution in [-0.4, -0.2) is 4.98 Å². The highest BCUT2D eigenvalue weighted by Crippen LogP contribution is 2.31. The third-order valence-corrected chi connectivity index (χ3v) is 4.48. The maximum atomic E-state index is 5.88. The van der Waals surface area contributed by atoms with Gasteiger partial charge in [0.25, 0.3) is 0 Å². The van der Waals surface area contributed by atoms with Crippen molar-refractivity contribution in [2.45, 2.75) is 22.9 Å². The smallest absolute Gasteiger partial charge is 0.101 e. The van der Waals surface area contributed by atoms with E-state index in [1.165, 1.54) is 0 Å². The molecule has 0 amide bonds. The molecule has 1 aromatic carbocycles. The number of pyridine rings is 1. The van der Waals surface area contributed by atoms with Gasteiger partial charge in [0.2, 0.25) is 0 Å². The fourth-order valence-corrected chi connectivity index (χ4v) is 3.41. The van der Waals surface area contributed by atoms with Gasteiger partial charge in [0.1, 0.15) is 5.03 Å². The molecule has 0 aliphatic heterocycles. The zero-order valence-electron chi connectivity index (χ0n) is 9.73. The van der Waals surface area contributed by atoms with Crippen LogP contribution in [0.2, 0.25) is 0 Å². The molecule has 0 fully saturated rings. The average molecular weight is 388 g/mol. The highest BCUT2D eigenvalue weighted by Gasteiger charge is 2.07. The maximum Gasteiger partial charge on any atom is 0.101 e. The minimum absolute atomic E-state index is 0.0317. The molecule has 1 heterocycles. The Morgan fingerprint density at radius 2 is 2.00 bits per heavy atom. The first kappa shape index (κ1) is 14.1. The van der Waals surface area contributed by atoms with Crippen LogP contribution in [0.5, 0.6) is 0 Å². The van der Waals surface area contributed by atoms with Crippen molar-refractivity contribution < 1.29 is 0 Å². The standard InChI is InChI=1S/C13H12Br2N2S/c1-8(16)11-4-3-10(6-12(11)15)18-13-5-2-9(14)7-17-13/h2-8H,16H2,1H3/t8-/m0/s1. The van der Waals surface area contributed by atoms with Gasteiger partial charge < -0.3 is 5.73 Å². The van der Waals surface area contributed by atoms with Crippen LogP contribution in [0.25, 0.3) is 0 Å². The first-order chi connectivity index (χ1) is 8.56. The van der Waals surface area contributed by atoms with E-state index >= 15 is 0 Å². The summed E-state index contributed by atoms with van der Waals surface area (Å²) in [6, 6.07) is 10.2. The molecule has 0 aliphatic carbocycles. The van der Waals surface area contributed by atoms with Crippen molar-refractivity contribution in [3.8, 4) is 0 Å². The van der Waals surface area contributed by atoms with E-state index in [0.717, 1.165) is 24.4 Å². The van der Waals surface area contributed by atoms with Gasteiger partial charge in [-0.2, -0.15) is 0 Å². The fourth-order valence-electron chi connectivity index (χ4n) is 1.48. The normalized spacial score (nSPS) is 12.4. The summed E-state index contributed by atoms with van der Waals surface area (Å²) >= 11 is 8.55. The molecule has 0 spiro atoms. The van der Waals surface area contributed by atoms with E-state index in [9.17, 15) is 0 Å². The number of rotatable bonds is 3. The first-order valence-electron chi connectivity index (χ1n) is 5.40. The molecular formula is C13H12Br2N2S. The second-order valence-corrected chi connectivity index (χ2v) is 6.75. The summed E-state index contributed by atoms with van der Waals surface area (Å²) in [7, 11) is 0. The molecule has 0 saturated carbocycles. The molecule has 2 aromatic rings. The lowest BCUT2D eigenvalue weighted by molar-refractivity contribution is 0.811. The monoisotopic (exact) mass is 386 g/mol. The number of halogens is 2. The van der Waals surface area contributed by atoms with Crippen molar-refractivity contribution >= 4 is 43.6 Å². The minimum Gasteiger partial charge on any atom is -0.324 e. The van der Waals surface area contributed by atoms with Gasteiger partial charge in [0.05, 0.1) is 0 Å². The second kappa shape index (κ2) is 6.19. The topological polar surface area (TPSA) is 38.9 Å². The van der Waals surface area contributed by atoms with Gasteiger partial charge >= 0.3 is 0 Å². The maximum absolute atomic E-state index is 5.88. The van der Waals surface area contributed by atoms with Crippen LogP contribution in [0, 0.1) is 0 Å². The summed E-state index contributed by atoms with van der Waals surface area (Å²) < 4.78 is 2.03. The molecule has 2 rings (SSSR count). The van der Waals surface area contributed by atoms with Gasteiger partial charge in [0, 0.05) is 26.1 Å². The van der Waals surface area contributed by atoms with E-state index in [4.69, 9.17) is 5.73 Å². The second-order valence-electron chi connectivity index (χ2n) is 3.89. The molecule has 5 heteroatoms. The summed E-state index contributed by atoms with van der Waals surface area (Å²) in [6.07, 6.45) is 1.80. The Morgan fingerprint density at radius 3 is 2.56 bits per heavy atom. The van der Waals surface area contributed by atoms with Crippen molar-refractivity contribution in [1.82, 2.24) is 4.98 Å². The molecule has 2 nitrogen and oxygen atoms in total. The van der Waals surface area contributed by atoms with Crippen molar-refractivity contribution in [2.75, 3.05) is 0 Å². The lowest BCUT2D eigenvalue weighted by atomic mass is 10.1. The fraction of sp³-hybridized carbons (Fsp3) is 0.154. The van der Waals surface area contributed by atoms with Crippen LogP contribution in [0.3, 0.4) is 0 Å². The molecule has 0 saturated heterocycles. The molecule has 2 N–H and O–H groups in total. The molecule has 1 aromatic heterocycles. The number of nitrogens with zero attached hydrogens (tertiary/aromatic N) is 1. The summed E-state index contributed by atoms with van der Waals surface area (Å²) in [4.78, 5) is 5.48. The summed E-state index contributed by atoms with van der Waals surface area (Å²) in [5, 5.41) is 0.971. The number of nitrogens with two attached hydrogens (primary N) is 1. The number of benzene rings is 1. The summed E-state index contributed by atoms with van der Waals surface area (Å²) in [6.45, 7) is 1.98. The highest BCUT2D eigenvalue weighted by atomic mass is 79.9. The van der Waals surface area contributed by atoms with Gasteiger partial charge in [-0.1, -0.05) is 33.8 Å². The molecule has 1 atom stereocenters. The Hall–Kier alpha value is -0.360. The number of hydrogen-bond donors (Lipinski definition) is 1. The van der Waals surface area contributed by atoms with Crippen LogP contribution in [0.4, 0.5) is 0 Å². The van der Waals surface area contributed by atoms with Gasteiger partial charge in [-0.15, -0.1) is 0 Å². The Labute approximate surface area is 128 Å². The molecule has 0 aliphatic rings. The lowest BCUT2D eigenvalue weighted by Crippen LogP contribution is -2.05. The molecule has 94 valence electrons. The Balaban J connectivity index is 2.20. The summed E-state index contributed by atoms with van der Waals surface area (Å²) in [5.41, 5.74) is 6.99. The highest BCUT2D eigenvalue weighted by molar-refractivity contribution is 9.10. The van der Waals surface area contributed by atoms with E-state index in [1.807, 2.05) is 19.1 Å². The number of aromatic nitrogens is 1. The molecular weight excluding hydrogens is 376 g/mol. The van der Waals surface area contributed by atoms with Gasteiger partial charge in [0.15, 0.2) is 0 Å². The van der Waals surface area contributed by atoms with Crippen LogP contribution in [-0.2, 0) is 0 Å². The predicted molar refractivity (Wildman–Crippen MR) is 82.8 cm³/mol. The zero-order valence-corrected chi connectivity index (χ0v) is 13.7. The van der Waals surface area contributed by atoms with Crippen molar-refractivity contribution in [3.63, 3.8) is 0 Å². The lowest BCUT2D eigenvalue weighted by Gasteiger charge is -2.09. The predicted octanol–water partition coefficient (Wildman–Crippen LogP) is 4.78. The van der Waals surface area contributed by atoms with E-state index in [0.29, 0.717) is 0 Å². The van der Waals surface area contributed by atoms with Crippen molar-refractivity contribution in [1.29, 1.82) is 0 Å². The molecule has 0 radical (unpaired) electrons. The third-order valence-electron chi connectivity index (χ3n) is 2.39. The van der Waals surface area contributed by atoms with Crippen LogP contribution in [0.1, 0.15) is 18.5 Å². The molecule has 18 heavy (non-hydrogen) atoms.